The molecule has 3 fully saturated rings. The Kier molecular flexibility index (Phi) is 9.94. The highest BCUT2D eigenvalue weighted by Crippen LogP contribution is 2.26. The average Bonchev–Trinajstić information content (AvgIpc) is 3.23. The van der Waals surface area contributed by atoms with Crippen molar-refractivity contribution in [2.45, 2.75) is 38.3 Å². The van der Waals surface area contributed by atoms with Gasteiger partial charge in [-0.05, 0) is 37.9 Å². The zero-order chi connectivity index (χ0) is 24.5. The van der Waals surface area contributed by atoms with Gasteiger partial charge < -0.3 is 19.3 Å². The quantitative estimate of drug-likeness (QED) is 0.438. The summed E-state index contributed by atoms with van der Waals surface area (Å²) in [5.41, 5.74) is 1.38. The topological polar surface area (TPSA) is 65.6 Å². The molecule has 4 rings (SSSR count). The average molecular weight is 487 g/mol. The maximum atomic E-state index is 12.5. The van der Waals surface area contributed by atoms with E-state index in [1.807, 2.05) is 0 Å². The van der Waals surface area contributed by atoms with Crippen LogP contribution in [0.4, 0.5) is 0 Å². The Bertz CT molecular complexity index is 792. The third-order valence-electron chi connectivity index (χ3n) is 7.68. The normalized spacial score (nSPS) is 25.0. The monoisotopic (exact) mass is 486 g/mol. The fourth-order valence-corrected chi connectivity index (χ4v) is 5.45. The maximum absolute atomic E-state index is 12.5. The molecule has 1 aromatic rings. The van der Waals surface area contributed by atoms with Crippen LogP contribution in [-0.4, -0.2) is 117 Å². The molecule has 0 aliphatic carbocycles. The molecule has 2 atom stereocenters. The van der Waals surface area contributed by atoms with Crippen LogP contribution in [0.1, 0.15) is 31.2 Å². The number of esters is 2. The van der Waals surface area contributed by atoms with E-state index in [1.165, 1.54) is 12.7 Å². The molecule has 0 amide bonds. The molecule has 0 bridgehead atoms. The van der Waals surface area contributed by atoms with E-state index in [2.05, 4.69) is 49.9 Å². The summed E-state index contributed by atoms with van der Waals surface area (Å²) in [5.74, 6) is -0.0901. The van der Waals surface area contributed by atoms with E-state index in [0.717, 1.165) is 97.8 Å². The number of rotatable bonds is 11. The van der Waals surface area contributed by atoms with Gasteiger partial charge in [0.15, 0.2) is 0 Å². The van der Waals surface area contributed by atoms with Crippen LogP contribution in [0.5, 0.6) is 0 Å². The van der Waals surface area contributed by atoms with Crippen molar-refractivity contribution in [3.05, 3.63) is 35.9 Å². The molecule has 1 aromatic carbocycles. The van der Waals surface area contributed by atoms with E-state index in [4.69, 9.17) is 9.47 Å². The lowest BCUT2D eigenvalue weighted by Gasteiger charge is -2.35. The zero-order valence-corrected chi connectivity index (χ0v) is 21.3. The highest BCUT2D eigenvalue weighted by Gasteiger charge is 2.36. The summed E-state index contributed by atoms with van der Waals surface area (Å²) in [4.78, 5) is 33.6. The summed E-state index contributed by atoms with van der Waals surface area (Å²) in [5, 5.41) is 0. The van der Waals surface area contributed by atoms with E-state index in [0.29, 0.717) is 6.42 Å². The Morgan fingerprint density at radius 1 is 0.914 bits per heavy atom. The molecule has 8 heteroatoms. The summed E-state index contributed by atoms with van der Waals surface area (Å²) < 4.78 is 10.5. The highest BCUT2D eigenvalue weighted by atomic mass is 16.6. The number of methoxy groups -OCH3 is 1. The molecule has 35 heavy (non-hydrogen) atoms. The van der Waals surface area contributed by atoms with Crippen molar-refractivity contribution in [3.8, 4) is 0 Å². The SMILES string of the molecule is COC(=O)CCCN1CCN(CC2CC(CCN3CCN(Cc4ccccc4)CC3)C(=O)O2)CC1. The fraction of sp³-hybridized carbons (Fsp3) is 0.704. The van der Waals surface area contributed by atoms with Gasteiger partial charge in [0.25, 0.3) is 0 Å². The number of benzene rings is 1. The smallest absolute Gasteiger partial charge is 0.309 e. The highest BCUT2D eigenvalue weighted by molar-refractivity contribution is 5.74. The van der Waals surface area contributed by atoms with Gasteiger partial charge in [0, 0.05) is 71.9 Å². The Labute approximate surface area is 210 Å². The number of ether oxygens (including phenoxy) is 2. The van der Waals surface area contributed by atoms with E-state index in [-0.39, 0.29) is 24.0 Å². The molecular formula is C27H42N4O4. The largest absolute Gasteiger partial charge is 0.469 e. The molecule has 3 aliphatic rings. The summed E-state index contributed by atoms with van der Waals surface area (Å²) >= 11 is 0. The maximum Gasteiger partial charge on any atom is 0.309 e. The zero-order valence-electron chi connectivity index (χ0n) is 21.3. The van der Waals surface area contributed by atoms with Crippen LogP contribution in [0.2, 0.25) is 0 Å². The number of piperazine rings is 2. The second-order valence-corrected chi connectivity index (χ2v) is 10.2. The first kappa shape index (κ1) is 26.1. The first-order valence-corrected chi connectivity index (χ1v) is 13.3. The Morgan fingerprint density at radius 3 is 2.23 bits per heavy atom. The van der Waals surface area contributed by atoms with E-state index >= 15 is 0 Å². The molecule has 0 aromatic heterocycles. The lowest BCUT2D eigenvalue weighted by molar-refractivity contribution is -0.145. The van der Waals surface area contributed by atoms with Crippen LogP contribution in [0.3, 0.4) is 0 Å². The van der Waals surface area contributed by atoms with Gasteiger partial charge in [0.05, 0.1) is 13.0 Å². The van der Waals surface area contributed by atoms with Crippen LogP contribution in [0.15, 0.2) is 30.3 Å². The minimum absolute atomic E-state index is 0.000778. The first-order chi connectivity index (χ1) is 17.1. The van der Waals surface area contributed by atoms with Gasteiger partial charge in [-0.2, -0.15) is 0 Å². The third kappa shape index (κ3) is 8.27. The van der Waals surface area contributed by atoms with Gasteiger partial charge in [-0.3, -0.25) is 19.4 Å². The third-order valence-corrected chi connectivity index (χ3v) is 7.68. The summed E-state index contributed by atoms with van der Waals surface area (Å²) in [6.07, 6.45) is 3.12. The van der Waals surface area contributed by atoms with Crippen LogP contribution in [0, 0.1) is 5.92 Å². The van der Waals surface area contributed by atoms with E-state index < -0.39 is 0 Å². The van der Waals surface area contributed by atoms with Crippen molar-refractivity contribution in [1.82, 2.24) is 19.6 Å². The second-order valence-electron chi connectivity index (χ2n) is 10.2. The van der Waals surface area contributed by atoms with Gasteiger partial charge in [-0.25, -0.2) is 0 Å². The van der Waals surface area contributed by atoms with Gasteiger partial charge in [0.2, 0.25) is 0 Å². The van der Waals surface area contributed by atoms with Gasteiger partial charge in [-0.1, -0.05) is 30.3 Å². The van der Waals surface area contributed by atoms with E-state index in [1.54, 1.807) is 0 Å². The molecule has 0 radical (unpaired) electrons. The number of hydrogen-bond acceptors (Lipinski definition) is 8. The number of nitrogens with zero attached hydrogens (tertiary/aromatic N) is 4. The number of hydrogen-bond donors (Lipinski definition) is 0. The molecular weight excluding hydrogens is 444 g/mol. The van der Waals surface area contributed by atoms with Crippen LogP contribution in [0.25, 0.3) is 0 Å². The minimum atomic E-state index is -0.133. The standard InChI is InChI=1S/C27H42N4O4/c1-34-26(32)8-5-10-28-12-18-31(19-13-28)22-25-20-24(27(33)35-25)9-11-29-14-16-30(17-15-29)21-23-6-3-2-4-7-23/h2-4,6-7,24-25H,5,8-22H2,1H3. The van der Waals surface area contributed by atoms with Crippen LogP contribution >= 0.6 is 0 Å². The Balaban J connectivity index is 1.08. The van der Waals surface area contributed by atoms with Gasteiger partial charge >= 0.3 is 11.9 Å². The van der Waals surface area contributed by atoms with Crippen LogP contribution in [-0.2, 0) is 25.6 Å². The lowest BCUT2D eigenvalue weighted by Crippen LogP contribution is -2.48. The number of carbonyl (C=O) groups is 2. The van der Waals surface area contributed by atoms with Gasteiger partial charge in [0.1, 0.15) is 6.10 Å². The summed E-state index contributed by atoms with van der Waals surface area (Å²) in [7, 11) is 1.44. The molecule has 3 heterocycles. The summed E-state index contributed by atoms with van der Waals surface area (Å²) in [6, 6.07) is 10.7. The molecule has 0 N–H and O–H groups in total. The van der Waals surface area contributed by atoms with Crippen molar-refractivity contribution >= 4 is 11.9 Å². The van der Waals surface area contributed by atoms with Crippen molar-refractivity contribution in [2.75, 3.05) is 79.1 Å². The first-order valence-electron chi connectivity index (χ1n) is 13.3. The molecule has 2 unspecified atom stereocenters. The lowest BCUT2D eigenvalue weighted by atomic mass is 10.00. The predicted octanol–water partition coefficient (Wildman–Crippen LogP) is 1.70. The van der Waals surface area contributed by atoms with E-state index in [9.17, 15) is 9.59 Å². The van der Waals surface area contributed by atoms with Crippen molar-refractivity contribution in [2.24, 2.45) is 5.92 Å². The molecule has 3 aliphatic heterocycles. The Hall–Kier alpha value is -2.00. The molecule has 3 saturated heterocycles. The predicted molar refractivity (Wildman–Crippen MR) is 135 cm³/mol. The molecule has 8 nitrogen and oxygen atoms in total. The van der Waals surface area contributed by atoms with Crippen molar-refractivity contribution in [3.63, 3.8) is 0 Å². The summed E-state index contributed by atoms with van der Waals surface area (Å²) in [6.45, 7) is 12.1. The second kappa shape index (κ2) is 13.3. The van der Waals surface area contributed by atoms with Crippen LogP contribution < -0.4 is 0 Å². The van der Waals surface area contributed by atoms with Crippen molar-refractivity contribution in [1.29, 1.82) is 0 Å². The number of carbonyl (C=O) groups excluding carboxylic acids is 2. The van der Waals surface area contributed by atoms with Crippen molar-refractivity contribution < 1.29 is 19.1 Å². The van der Waals surface area contributed by atoms with Gasteiger partial charge in [-0.15, -0.1) is 0 Å². The molecule has 0 spiro atoms. The Morgan fingerprint density at radius 2 is 1.54 bits per heavy atom. The molecule has 0 saturated carbocycles. The molecule has 194 valence electrons. The fourth-order valence-electron chi connectivity index (χ4n) is 5.45. The minimum Gasteiger partial charge on any atom is -0.469 e. The number of cyclic esters (lactones) is 1.